The van der Waals surface area contributed by atoms with E-state index < -0.39 is 11.9 Å². The number of aromatic carboxylic acids is 2. The second kappa shape index (κ2) is 10.2. The van der Waals surface area contributed by atoms with E-state index in [1.807, 2.05) is 0 Å². The van der Waals surface area contributed by atoms with Crippen LogP contribution in [0.1, 0.15) is 20.7 Å². The summed E-state index contributed by atoms with van der Waals surface area (Å²) in [5, 5.41) is 16.8. The van der Waals surface area contributed by atoms with Crippen molar-refractivity contribution in [2.24, 2.45) is 0 Å². The van der Waals surface area contributed by atoms with Crippen molar-refractivity contribution in [2.75, 3.05) is 0 Å². The third-order valence-electron chi connectivity index (χ3n) is 2.04. The van der Waals surface area contributed by atoms with Gasteiger partial charge < -0.3 is 22.5 Å². The number of rotatable bonds is 2. The predicted molar refractivity (Wildman–Crippen MR) is 76.8 cm³/mol. The van der Waals surface area contributed by atoms with E-state index in [-0.39, 0.29) is 12.3 Å². The van der Waals surface area contributed by atoms with Gasteiger partial charge in [-0.05, 0) is 24.3 Å². The Kier molecular flexibility index (Phi) is 10.1. The molecular formula is C14H18N2O4. The van der Waals surface area contributed by atoms with Crippen LogP contribution in [0.25, 0.3) is 0 Å². The highest BCUT2D eigenvalue weighted by Crippen LogP contribution is 1.96. The molecule has 0 fully saturated rings. The molecule has 2 aromatic rings. The van der Waals surface area contributed by atoms with E-state index in [1.165, 1.54) is 0 Å². The molecule has 0 saturated carbocycles. The van der Waals surface area contributed by atoms with Crippen LogP contribution in [-0.2, 0) is 0 Å². The van der Waals surface area contributed by atoms with E-state index in [0.29, 0.717) is 11.1 Å². The first-order valence-electron chi connectivity index (χ1n) is 5.18. The molecule has 0 unspecified atom stereocenters. The number of hydrogen-bond acceptors (Lipinski definition) is 4. The number of benzene rings is 2. The van der Waals surface area contributed by atoms with Gasteiger partial charge in [-0.25, -0.2) is 9.59 Å². The number of carboxylic acids is 2. The monoisotopic (exact) mass is 278 g/mol. The van der Waals surface area contributed by atoms with Crippen molar-refractivity contribution >= 4 is 11.9 Å². The average molecular weight is 278 g/mol. The molecular weight excluding hydrogens is 260 g/mol. The Bertz CT molecular complexity index is 466. The molecule has 0 aliphatic heterocycles. The summed E-state index contributed by atoms with van der Waals surface area (Å²) in [6.07, 6.45) is 0. The lowest BCUT2D eigenvalue weighted by Gasteiger charge is -1.88. The fraction of sp³-hybridized carbons (Fsp3) is 0. The summed E-state index contributed by atoms with van der Waals surface area (Å²) in [5.74, 6) is -1.76. The Morgan fingerprint density at radius 3 is 1.00 bits per heavy atom. The van der Waals surface area contributed by atoms with Gasteiger partial charge in [0.1, 0.15) is 0 Å². The summed E-state index contributed by atoms with van der Waals surface area (Å²) in [4.78, 5) is 20.4. The van der Waals surface area contributed by atoms with Gasteiger partial charge in [-0.15, -0.1) is 0 Å². The van der Waals surface area contributed by atoms with Crippen LogP contribution >= 0.6 is 0 Å². The second-order valence-electron chi connectivity index (χ2n) is 3.34. The third-order valence-corrected chi connectivity index (χ3v) is 2.04. The van der Waals surface area contributed by atoms with Crippen LogP contribution in [0.2, 0.25) is 0 Å². The first kappa shape index (κ1) is 19.6. The summed E-state index contributed by atoms with van der Waals surface area (Å²) in [6, 6.07) is 16.6. The normalized spacial score (nSPS) is 8.00. The standard InChI is InChI=1S/2C7H6O2.2H3N/c2*8-7(9)6-4-2-1-3-5-6;;/h2*1-5H,(H,8,9);2*1H3. The lowest BCUT2D eigenvalue weighted by Crippen LogP contribution is -1.93. The van der Waals surface area contributed by atoms with Gasteiger partial charge in [-0.1, -0.05) is 36.4 Å². The molecule has 2 aromatic carbocycles. The first-order valence-corrected chi connectivity index (χ1v) is 5.18. The molecule has 0 atom stereocenters. The topological polar surface area (TPSA) is 145 Å². The van der Waals surface area contributed by atoms with Crippen LogP contribution in [-0.4, -0.2) is 22.2 Å². The lowest BCUT2D eigenvalue weighted by molar-refractivity contribution is 0.0686. The predicted octanol–water partition coefficient (Wildman–Crippen LogP) is 3.09. The molecule has 6 nitrogen and oxygen atoms in total. The van der Waals surface area contributed by atoms with Gasteiger partial charge in [0.25, 0.3) is 0 Å². The minimum absolute atomic E-state index is 0. The summed E-state index contributed by atoms with van der Waals surface area (Å²) < 4.78 is 0. The van der Waals surface area contributed by atoms with Crippen molar-refractivity contribution in [1.29, 1.82) is 0 Å². The molecule has 0 aliphatic carbocycles. The van der Waals surface area contributed by atoms with Crippen LogP contribution in [0.4, 0.5) is 0 Å². The van der Waals surface area contributed by atoms with Crippen LogP contribution in [0.5, 0.6) is 0 Å². The average Bonchev–Trinajstić information content (AvgIpc) is 2.41. The van der Waals surface area contributed by atoms with Gasteiger partial charge in [0.15, 0.2) is 0 Å². The molecule has 0 aliphatic rings. The summed E-state index contributed by atoms with van der Waals surface area (Å²) in [6.45, 7) is 0. The molecule has 0 radical (unpaired) electrons. The van der Waals surface area contributed by atoms with Gasteiger partial charge >= 0.3 is 11.9 Å². The van der Waals surface area contributed by atoms with Crippen molar-refractivity contribution in [3.8, 4) is 0 Å². The van der Waals surface area contributed by atoms with Crippen molar-refractivity contribution in [1.82, 2.24) is 12.3 Å². The van der Waals surface area contributed by atoms with Crippen molar-refractivity contribution in [2.45, 2.75) is 0 Å². The Balaban J connectivity index is 0. The second-order valence-corrected chi connectivity index (χ2v) is 3.34. The van der Waals surface area contributed by atoms with E-state index in [0.717, 1.165) is 0 Å². The number of carbonyl (C=O) groups is 2. The summed E-state index contributed by atoms with van der Waals surface area (Å²) >= 11 is 0. The van der Waals surface area contributed by atoms with E-state index in [4.69, 9.17) is 10.2 Å². The zero-order valence-electron chi connectivity index (χ0n) is 10.9. The third kappa shape index (κ3) is 6.90. The van der Waals surface area contributed by atoms with Crippen molar-refractivity contribution < 1.29 is 19.8 Å². The molecule has 0 amide bonds. The van der Waals surface area contributed by atoms with E-state index in [9.17, 15) is 9.59 Å². The van der Waals surface area contributed by atoms with Gasteiger partial charge in [0.05, 0.1) is 11.1 Å². The van der Waals surface area contributed by atoms with Gasteiger partial charge in [0, 0.05) is 0 Å². The minimum Gasteiger partial charge on any atom is -0.478 e. The largest absolute Gasteiger partial charge is 0.478 e. The maximum Gasteiger partial charge on any atom is 0.335 e. The zero-order valence-corrected chi connectivity index (χ0v) is 10.9. The van der Waals surface area contributed by atoms with Crippen molar-refractivity contribution in [3.63, 3.8) is 0 Å². The molecule has 0 bridgehead atoms. The fourth-order valence-electron chi connectivity index (χ4n) is 1.16. The van der Waals surface area contributed by atoms with E-state index >= 15 is 0 Å². The highest BCUT2D eigenvalue weighted by Gasteiger charge is 1.97. The molecule has 6 heteroatoms. The zero-order chi connectivity index (χ0) is 13.4. The Hall–Kier alpha value is -2.70. The Labute approximate surface area is 116 Å². The van der Waals surface area contributed by atoms with Crippen molar-refractivity contribution in [3.05, 3.63) is 71.8 Å². The molecule has 20 heavy (non-hydrogen) atoms. The molecule has 0 saturated heterocycles. The maximum absolute atomic E-state index is 10.2. The Morgan fingerprint density at radius 2 is 0.850 bits per heavy atom. The molecule has 0 aromatic heterocycles. The molecule has 8 N–H and O–H groups in total. The Morgan fingerprint density at radius 1 is 0.600 bits per heavy atom. The van der Waals surface area contributed by atoms with Crippen LogP contribution in [0.3, 0.4) is 0 Å². The molecule has 2 rings (SSSR count). The van der Waals surface area contributed by atoms with Gasteiger partial charge in [-0.2, -0.15) is 0 Å². The highest BCUT2D eigenvalue weighted by atomic mass is 16.4. The van der Waals surface area contributed by atoms with Crippen LogP contribution in [0.15, 0.2) is 60.7 Å². The number of hydrogen-bond donors (Lipinski definition) is 4. The molecule has 0 spiro atoms. The SMILES string of the molecule is N.N.O=C(O)c1ccccc1.O=C(O)c1ccccc1. The van der Waals surface area contributed by atoms with Gasteiger partial charge in [-0.3, -0.25) is 0 Å². The first-order chi connectivity index (χ1) is 8.61. The van der Waals surface area contributed by atoms with E-state index in [2.05, 4.69) is 0 Å². The minimum atomic E-state index is -0.879. The van der Waals surface area contributed by atoms with Gasteiger partial charge in [0.2, 0.25) is 0 Å². The smallest absolute Gasteiger partial charge is 0.335 e. The summed E-state index contributed by atoms with van der Waals surface area (Å²) in [5.41, 5.74) is 0.662. The quantitative estimate of drug-likeness (QED) is 0.664. The summed E-state index contributed by atoms with van der Waals surface area (Å²) in [7, 11) is 0. The molecule has 108 valence electrons. The van der Waals surface area contributed by atoms with E-state index in [1.54, 1.807) is 60.7 Å². The highest BCUT2D eigenvalue weighted by molar-refractivity contribution is 5.87. The molecule has 0 heterocycles. The fourth-order valence-corrected chi connectivity index (χ4v) is 1.16. The number of carboxylic acid groups (broad SMARTS) is 2. The lowest BCUT2D eigenvalue weighted by atomic mass is 10.2. The maximum atomic E-state index is 10.2. The van der Waals surface area contributed by atoms with Crippen LogP contribution in [0, 0.1) is 0 Å². The van der Waals surface area contributed by atoms with Crippen LogP contribution < -0.4 is 12.3 Å².